The Bertz CT molecular complexity index is 672. The lowest BCUT2D eigenvalue weighted by Gasteiger charge is -2.22. The second-order valence-electron chi connectivity index (χ2n) is 5.34. The summed E-state index contributed by atoms with van der Waals surface area (Å²) in [5.74, 6) is 0.530. The smallest absolute Gasteiger partial charge is 0.337 e. The summed E-state index contributed by atoms with van der Waals surface area (Å²) in [5.41, 5.74) is 1.63. The fourth-order valence-electron chi connectivity index (χ4n) is 2.28. The van der Waals surface area contributed by atoms with Gasteiger partial charge in [-0.15, -0.1) is 35.3 Å². The van der Waals surface area contributed by atoms with Gasteiger partial charge in [-0.3, -0.25) is 4.99 Å². The van der Waals surface area contributed by atoms with Crippen molar-refractivity contribution in [3.8, 4) is 0 Å². The van der Waals surface area contributed by atoms with E-state index in [0.717, 1.165) is 24.5 Å². The van der Waals surface area contributed by atoms with E-state index in [1.54, 1.807) is 30.5 Å². The highest BCUT2D eigenvalue weighted by Gasteiger charge is 2.07. The number of rotatable bonds is 6. The van der Waals surface area contributed by atoms with Crippen LogP contribution in [0.2, 0.25) is 0 Å². The fourth-order valence-corrected chi connectivity index (χ4v) is 2.98. The van der Waals surface area contributed by atoms with E-state index >= 15 is 0 Å². The third kappa shape index (κ3) is 6.66. The van der Waals surface area contributed by atoms with Crippen LogP contribution in [0.4, 0.5) is 0 Å². The van der Waals surface area contributed by atoms with Crippen molar-refractivity contribution in [3.63, 3.8) is 0 Å². The topological polar surface area (TPSA) is 53.9 Å². The van der Waals surface area contributed by atoms with Gasteiger partial charge in [0, 0.05) is 32.1 Å². The van der Waals surface area contributed by atoms with Crippen LogP contribution in [0.25, 0.3) is 0 Å². The summed E-state index contributed by atoms with van der Waals surface area (Å²) in [6, 6.07) is 11.6. The van der Waals surface area contributed by atoms with Crippen molar-refractivity contribution < 1.29 is 9.53 Å². The molecule has 1 aromatic carbocycles. The molecule has 1 N–H and O–H groups in total. The molecule has 0 aliphatic carbocycles. The average molecular weight is 473 g/mol. The monoisotopic (exact) mass is 473 g/mol. The third-order valence-corrected chi connectivity index (χ3v) is 4.61. The quantitative estimate of drug-likeness (QED) is 0.303. The first-order chi connectivity index (χ1) is 11.6. The van der Waals surface area contributed by atoms with E-state index in [9.17, 15) is 4.79 Å². The molecule has 0 spiro atoms. The van der Waals surface area contributed by atoms with Crippen molar-refractivity contribution in [1.82, 2.24) is 10.2 Å². The summed E-state index contributed by atoms with van der Waals surface area (Å²) in [7, 11) is 5.20. The molecule has 0 saturated heterocycles. The normalized spacial score (nSPS) is 10.8. The lowest BCUT2D eigenvalue weighted by Crippen LogP contribution is -2.39. The van der Waals surface area contributed by atoms with Gasteiger partial charge in [-0.25, -0.2) is 4.79 Å². The Morgan fingerprint density at radius 1 is 1.28 bits per heavy atom. The second-order valence-corrected chi connectivity index (χ2v) is 6.37. The number of esters is 1. The molecule has 0 saturated carbocycles. The number of ether oxygens (including phenoxy) is 1. The van der Waals surface area contributed by atoms with Crippen LogP contribution in [0.5, 0.6) is 0 Å². The van der Waals surface area contributed by atoms with Crippen LogP contribution in [0, 0.1) is 0 Å². The van der Waals surface area contributed by atoms with Crippen LogP contribution in [-0.2, 0) is 17.7 Å². The van der Waals surface area contributed by atoms with E-state index in [-0.39, 0.29) is 29.9 Å². The van der Waals surface area contributed by atoms with Crippen molar-refractivity contribution in [1.29, 1.82) is 0 Å². The van der Waals surface area contributed by atoms with Crippen molar-refractivity contribution >= 4 is 47.2 Å². The molecule has 7 heteroatoms. The van der Waals surface area contributed by atoms with Gasteiger partial charge >= 0.3 is 5.97 Å². The van der Waals surface area contributed by atoms with Gasteiger partial charge in [0.1, 0.15) is 0 Å². The minimum Gasteiger partial charge on any atom is -0.465 e. The number of nitrogens with zero attached hydrogens (tertiary/aromatic N) is 2. The van der Waals surface area contributed by atoms with Gasteiger partial charge in [0.05, 0.1) is 12.7 Å². The first-order valence-electron chi connectivity index (χ1n) is 7.75. The van der Waals surface area contributed by atoms with Gasteiger partial charge in [-0.2, -0.15) is 0 Å². The van der Waals surface area contributed by atoms with E-state index in [4.69, 9.17) is 4.74 Å². The molecule has 136 valence electrons. The van der Waals surface area contributed by atoms with Crippen LogP contribution in [0.3, 0.4) is 0 Å². The Morgan fingerprint density at radius 2 is 2.00 bits per heavy atom. The highest BCUT2D eigenvalue weighted by molar-refractivity contribution is 14.0. The number of hydrogen-bond acceptors (Lipinski definition) is 4. The molecule has 2 aromatic rings. The van der Waals surface area contributed by atoms with Crippen LogP contribution >= 0.6 is 35.3 Å². The Kier molecular flexibility index (Phi) is 9.51. The number of halogens is 1. The molecule has 25 heavy (non-hydrogen) atoms. The summed E-state index contributed by atoms with van der Waals surface area (Å²) in [4.78, 5) is 19.2. The number of benzene rings is 1. The minimum absolute atomic E-state index is 0. The number of methoxy groups -OCH3 is 1. The lowest BCUT2D eigenvalue weighted by atomic mass is 10.1. The second kappa shape index (κ2) is 11.1. The van der Waals surface area contributed by atoms with Crippen LogP contribution in [-0.4, -0.2) is 44.6 Å². The molecular weight excluding hydrogens is 449 g/mol. The van der Waals surface area contributed by atoms with Crippen molar-refractivity contribution in [2.75, 3.05) is 27.7 Å². The fraction of sp³-hybridized carbons (Fsp3) is 0.333. The average Bonchev–Trinajstić information content (AvgIpc) is 3.14. The van der Waals surface area contributed by atoms with Gasteiger partial charge in [0.25, 0.3) is 0 Å². The number of guanidine groups is 1. The molecule has 0 fully saturated rings. The minimum atomic E-state index is -0.321. The largest absolute Gasteiger partial charge is 0.465 e. The third-order valence-electron chi connectivity index (χ3n) is 3.67. The molecule has 0 amide bonds. The van der Waals surface area contributed by atoms with Crippen molar-refractivity contribution in [2.45, 2.75) is 13.0 Å². The highest BCUT2D eigenvalue weighted by atomic mass is 127. The molecule has 0 aliphatic heterocycles. The van der Waals surface area contributed by atoms with E-state index in [1.165, 1.54) is 12.0 Å². The summed E-state index contributed by atoms with van der Waals surface area (Å²) in [6.45, 7) is 1.55. The first-order valence-corrected chi connectivity index (χ1v) is 8.63. The van der Waals surface area contributed by atoms with Gasteiger partial charge in [-0.1, -0.05) is 18.2 Å². The maximum absolute atomic E-state index is 11.4. The van der Waals surface area contributed by atoms with Gasteiger partial charge in [-0.05, 0) is 35.6 Å². The number of aliphatic imine (C=N–C) groups is 1. The first kappa shape index (κ1) is 21.4. The summed E-state index contributed by atoms with van der Waals surface area (Å²) < 4.78 is 4.70. The molecule has 0 bridgehead atoms. The molecule has 0 aliphatic rings. The predicted octanol–water partition coefficient (Wildman–Crippen LogP) is 3.40. The maximum Gasteiger partial charge on any atom is 0.337 e. The Labute approximate surface area is 170 Å². The number of nitrogens with one attached hydrogen (secondary N) is 1. The number of carbonyl (C=O) groups is 1. The summed E-state index contributed by atoms with van der Waals surface area (Å²) >= 11 is 1.78. The van der Waals surface area contributed by atoms with Gasteiger partial charge in [0.2, 0.25) is 0 Å². The Morgan fingerprint density at radius 3 is 2.56 bits per heavy atom. The molecule has 1 heterocycles. The zero-order valence-corrected chi connectivity index (χ0v) is 17.8. The zero-order chi connectivity index (χ0) is 17.4. The molecule has 1 aromatic heterocycles. The van der Waals surface area contributed by atoms with E-state index in [2.05, 4.69) is 32.7 Å². The molecule has 0 radical (unpaired) electrons. The number of likely N-dealkylation sites (N-methyl/N-ethyl adjacent to an activating group) is 1. The summed E-state index contributed by atoms with van der Waals surface area (Å²) in [6.07, 6.45) is 1.00. The highest BCUT2D eigenvalue weighted by Crippen LogP contribution is 2.09. The van der Waals surface area contributed by atoms with Crippen molar-refractivity contribution in [2.24, 2.45) is 4.99 Å². The standard InChI is InChI=1S/C18H23N3O2S.HI/c1-19-18(21(2)11-10-16-5-4-12-24-16)20-13-14-6-8-15(9-7-14)17(22)23-3;/h4-9,12H,10-11,13H2,1-3H3,(H,19,20);1H. The predicted molar refractivity (Wildman–Crippen MR) is 114 cm³/mol. The zero-order valence-electron chi connectivity index (χ0n) is 14.7. The Balaban J connectivity index is 0.00000312. The lowest BCUT2D eigenvalue weighted by molar-refractivity contribution is 0.0600. The molecule has 2 rings (SSSR count). The van der Waals surface area contributed by atoms with Gasteiger partial charge in [0.15, 0.2) is 5.96 Å². The van der Waals surface area contributed by atoms with Crippen LogP contribution in [0.1, 0.15) is 20.8 Å². The van der Waals surface area contributed by atoms with Crippen molar-refractivity contribution in [3.05, 3.63) is 57.8 Å². The SMILES string of the molecule is CN=C(NCc1ccc(C(=O)OC)cc1)N(C)CCc1cccs1.I. The van der Waals surface area contributed by atoms with E-state index < -0.39 is 0 Å². The van der Waals surface area contributed by atoms with E-state index in [0.29, 0.717) is 12.1 Å². The van der Waals surface area contributed by atoms with Crippen LogP contribution in [0.15, 0.2) is 46.8 Å². The number of thiophene rings is 1. The number of hydrogen-bond donors (Lipinski definition) is 1. The van der Waals surface area contributed by atoms with Crippen LogP contribution < -0.4 is 5.32 Å². The van der Waals surface area contributed by atoms with E-state index in [1.807, 2.05) is 19.2 Å². The maximum atomic E-state index is 11.4. The molecule has 0 unspecified atom stereocenters. The summed E-state index contributed by atoms with van der Waals surface area (Å²) in [5, 5.41) is 5.44. The molecule has 5 nitrogen and oxygen atoms in total. The molecular formula is C18H24IN3O2S. The Hall–Kier alpha value is -1.61. The molecule has 0 atom stereocenters. The number of carbonyl (C=O) groups excluding carboxylic acids is 1. The van der Waals surface area contributed by atoms with Gasteiger partial charge < -0.3 is 15.0 Å².